The summed E-state index contributed by atoms with van der Waals surface area (Å²) in [6.45, 7) is 5.64. The number of fused-ring (bicyclic) bond motifs is 1. The maximum absolute atomic E-state index is 13.1. The summed E-state index contributed by atoms with van der Waals surface area (Å²) in [6, 6.07) is 9.66. The van der Waals surface area contributed by atoms with E-state index in [0.717, 1.165) is 77.9 Å². The van der Waals surface area contributed by atoms with E-state index in [1.165, 1.54) is 30.4 Å². The van der Waals surface area contributed by atoms with Gasteiger partial charge in [-0.1, -0.05) is 43.5 Å². The van der Waals surface area contributed by atoms with E-state index in [1.54, 1.807) is 0 Å². The fourth-order valence-electron chi connectivity index (χ4n) is 5.16. The molecule has 1 N–H and O–H groups in total. The van der Waals surface area contributed by atoms with E-state index < -0.39 is 0 Å². The molecule has 4 rings (SSSR count). The highest BCUT2D eigenvalue weighted by atomic mass is 16.5. The maximum Gasteiger partial charge on any atom is 0.317 e. The van der Waals surface area contributed by atoms with Gasteiger partial charge in [-0.3, -0.25) is 4.90 Å². The molecule has 1 aromatic rings. The summed E-state index contributed by atoms with van der Waals surface area (Å²) >= 11 is 0. The molecule has 160 valence electrons. The van der Waals surface area contributed by atoms with E-state index in [9.17, 15) is 4.79 Å². The van der Waals surface area contributed by atoms with Gasteiger partial charge in [-0.05, 0) is 49.7 Å². The molecule has 0 unspecified atom stereocenters. The van der Waals surface area contributed by atoms with Crippen LogP contribution in [0, 0.1) is 0 Å². The fourth-order valence-corrected chi connectivity index (χ4v) is 5.16. The van der Waals surface area contributed by atoms with E-state index >= 15 is 0 Å². The molecule has 2 amide bonds. The summed E-state index contributed by atoms with van der Waals surface area (Å²) in [4.78, 5) is 17.8. The molecule has 2 aliphatic heterocycles. The SMILES string of the molecule is O=C(NC1CCCCC1)N(CCCN1CCc2ccccc2C1)C1CCOCC1. The van der Waals surface area contributed by atoms with Crippen LogP contribution in [0.25, 0.3) is 0 Å². The third-order valence-corrected chi connectivity index (χ3v) is 6.91. The van der Waals surface area contributed by atoms with Gasteiger partial charge in [-0.2, -0.15) is 0 Å². The Kier molecular flexibility index (Phi) is 7.44. The van der Waals surface area contributed by atoms with Crippen LogP contribution in [0.15, 0.2) is 24.3 Å². The van der Waals surface area contributed by atoms with Crippen molar-refractivity contribution in [1.82, 2.24) is 15.1 Å². The number of rotatable bonds is 6. The largest absolute Gasteiger partial charge is 0.381 e. The molecule has 3 aliphatic rings. The van der Waals surface area contributed by atoms with Gasteiger partial charge in [0.2, 0.25) is 0 Å². The van der Waals surface area contributed by atoms with Crippen molar-refractivity contribution in [3.8, 4) is 0 Å². The van der Waals surface area contributed by atoms with Crippen molar-refractivity contribution in [3.63, 3.8) is 0 Å². The Morgan fingerprint density at radius 2 is 1.83 bits per heavy atom. The first kappa shape index (κ1) is 20.7. The number of hydrogen-bond donors (Lipinski definition) is 1. The number of hydrogen-bond acceptors (Lipinski definition) is 3. The van der Waals surface area contributed by atoms with E-state index in [4.69, 9.17) is 4.74 Å². The molecule has 2 heterocycles. The van der Waals surface area contributed by atoms with Crippen LogP contribution in [0.4, 0.5) is 4.79 Å². The van der Waals surface area contributed by atoms with Crippen molar-refractivity contribution < 1.29 is 9.53 Å². The Morgan fingerprint density at radius 3 is 2.62 bits per heavy atom. The normalized spacial score (nSPS) is 21.5. The number of carbonyl (C=O) groups excluding carboxylic acids is 1. The first-order valence-electron chi connectivity index (χ1n) is 11.7. The van der Waals surface area contributed by atoms with Gasteiger partial charge < -0.3 is 15.0 Å². The molecule has 1 aliphatic carbocycles. The average molecular weight is 400 g/mol. The number of benzene rings is 1. The van der Waals surface area contributed by atoms with Gasteiger partial charge in [0.1, 0.15) is 0 Å². The lowest BCUT2D eigenvalue weighted by molar-refractivity contribution is 0.0439. The molecule has 5 nitrogen and oxygen atoms in total. The van der Waals surface area contributed by atoms with Gasteiger partial charge in [0.05, 0.1) is 0 Å². The second kappa shape index (κ2) is 10.4. The molecular formula is C24H37N3O2. The molecule has 1 saturated carbocycles. The smallest absolute Gasteiger partial charge is 0.317 e. The molecule has 5 heteroatoms. The summed E-state index contributed by atoms with van der Waals surface area (Å²) < 4.78 is 5.55. The van der Waals surface area contributed by atoms with Gasteiger partial charge in [0.15, 0.2) is 0 Å². The maximum atomic E-state index is 13.1. The average Bonchev–Trinajstić information content (AvgIpc) is 2.78. The standard InChI is InChI=1S/C24H37N3O2/c28-24(25-22-9-2-1-3-10-22)27(23-12-17-29-18-13-23)15-6-14-26-16-11-20-7-4-5-8-21(20)19-26/h4-5,7-8,22-23H,1-3,6,9-19H2,(H,25,28). The van der Waals surface area contributed by atoms with Crippen LogP contribution in [0.5, 0.6) is 0 Å². The highest BCUT2D eigenvalue weighted by Crippen LogP contribution is 2.21. The van der Waals surface area contributed by atoms with Crippen molar-refractivity contribution in [2.75, 3.05) is 32.8 Å². The summed E-state index contributed by atoms with van der Waals surface area (Å²) in [6.07, 6.45) is 10.2. The van der Waals surface area contributed by atoms with E-state index in [1.807, 2.05) is 0 Å². The van der Waals surface area contributed by atoms with Crippen LogP contribution in [-0.4, -0.2) is 60.8 Å². The van der Waals surface area contributed by atoms with E-state index in [2.05, 4.69) is 39.4 Å². The number of amides is 2. The van der Waals surface area contributed by atoms with Crippen molar-refractivity contribution in [3.05, 3.63) is 35.4 Å². The Hall–Kier alpha value is -1.59. The zero-order valence-corrected chi connectivity index (χ0v) is 17.8. The Labute approximate surface area is 175 Å². The molecule has 0 spiro atoms. The minimum Gasteiger partial charge on any atom is -0.381 e. The summed E-state index contributed by atoms with van der Waals surface area (Å²) in [5, 5.41) is 3.35. The monoisotopic (exact) mass is 399 g/mol. The minimum atomic E-state index is 0.160. The zero-order valence-electron chi connectivity index (χ0n) is 17.8. The second-order valence-electron chi connectivity index (χ2n) is 8.97. The van der Waals surface area contributed by atoms with Gasteiger partial charge in [0, 0.05) is 51.5 Å². The van der Waals surface area contributed by atoms with Gasteiger partial charge >= 0.3 is 6.03 Å². The van der Waals surface area contributed by atoms with Crippen molar-refractivity contribution in [1.29, 1.82) is 0 Å². The number of carbonyl (C=O) groups is 1. The predicted octanol–water partition coefficient (Wildman–Crippen LogP) is 3.96. The molecule has 29 heavy (non-hydrogen) atoms. The van der Waals surface area contributed by atoms with Crippen LogP contribution < -0.4 is 5.32 Å². The van der Waals surface area contributed by atoms with Gasteiger partial charge in [-0.15, -0.1) is 0 Å². The number of ether oxygens (including phenoxy) is 1. The lowest BCUT2D eigenvalue weighted by Gasteiger charge is -2.37. The Balaban J connectivity index is 1.30. The molecule has 1 saturated heterocycles. The lowest BCUT2D eigenvalue weighted by atomic mass is 9.95. The number of nitrogens with one attached hydrogen (secondary N) is 1. The van der Waals surface area contributed by atoms with E-state index in [-0.39, 0.29) is 6.03 Å². The van der Waals surface area contributed by atoms with Crippen LogP contribution in [0.1, 0.15) is 62.5 Å². The lowest BCUT2D eigenvalue weighted by Crippen LogP contribution is -2.51. The van der Waals surface area contributed by atoms with Crippen molar-refractivity contribution in [2.24, 2.45) is 0 Å². The third-order valence-electron chi connectivity index (χ3n) is 6.91. The fraction of sp³-hybridized carbons (Fsp3) is 0.708. The van der Waals surface area contributed by atoms with Crippen LogP contribution in [0.2, 0.25) is 0 Å². The summed E-state index contributed by atoms with van der Waals surface area (Å²) in [5.41, 5.74) is 2.97. The Morgan fingerprint density at radius 1 is 1.07 bits per heavy atom. The Bertz CT molecular complexity index is 653. The second-order valence-corrected chi connectivity index (χ2v) is 8.97. The predicted molar refractivity (Wildman–Crippen MR) is 116 cm³/mol. The topological polar surface area (TPSA) is 44.8 Å². The molecule has 0 aromatic heterocycles. The van der Waals surface area contributed by atoms with Gasteiger partial charge in [-0.25, -0.2) is 4.79 Å². The van der Waals surface area contributed by atoms with Crippen molar-refractivity contribution >= 4 is 6.03 Å². The van der Waals surface area contributed by atoms with Crippen LogP contribution in [-0.2, 0) is 17.7 Å². The van der Waals surface area contributed by atoms with Crippen LogP contribution in [0.3, 0.4) is 0 Å². The van der Waals surface area contributed by atoms with E-state index in [0.29, 0.717) is 12.1 Å². The number of urea groups is 1. The summed E-state index contributed by atoms with van der Waals surface area (Å²) in [7, 11) is 0. The molecule has 2 fully saturated rings. The highest BCUT2D eigenvalue weighted by Gasteiger charge is 2.27. The molecule has 0 radical (unpaired) electrons. The zero-order chi connectivity index (χ0) is 19.9. The molecular weight excluding hydrogens is 362 g/mol. The highest BCUT2D eigenvalue weighted by molar-refractivity contribution is 5.75. The van der Waals surface area contributed by atoms with Crippen LogP contribution >= 0.6 is 0 Å². The quantitative estimate of drug-likeness (QED) is 0.788. The summed E-state index contributed by atoms with van der Waals surface area (Å²) in [5.74, 6) is 0. The first-order chi connectivity index (χ1) is 14.3. The molecule has 1 aromatic carbocycles. The van der Waals surface area contributed by atoms with Crippen molar-refractivity contribution in [2.45, 2.75) is 76.4 Å². The molecule has 0 bridgehead atoms. The third kappa shape index (κ3) is 5.73. The first-order valence-corrected chi connectivity index (χ1v) is 11.7. The minimum absolute atomic E-state index is 0.160. The van der Waals surface area contributed by atoms with Gasteiger partial charge in [0.25, 0.3) is 0 Å². The molecule has 0 atom stereocenters. The number of nitrogens with zero attached hydrogens (tertiary/aromatic N) is 2.